The van der Waals surface area contributed by atoms with Crippen LogP contribution in [0.1, 0.15) is 42.6 Å². The third kappa shape index (κ3) is 9.51. The van der Waals surface area contributed by atoms with Gasteiger partial charge in [0.05, 0.1) is 0 Å². The third-order valence-corrected chi connectivity index (χ3v) is 4.03. The van der Waals surface area contributed by atoms with Crippen LogP contribution in [0.4, 0.5) is 9.18 Å². The zero-order chi connectivity index (χ0) is 23.4. The summed E-state index contributed by atoms with van der Waals surface area (Å²) in [5, 5.41) is 33.4. The second-order valence-corrected chi connectivity index (χ2v) is 6.42. The van der Waals surface area contributed by atoms with Crippen molar-refractivity contribution in [3.63, 3.8) is 0 Å². The molecule has 13 heteroatoms. The minimum Gasteiger partial charge on any atom is -0.481 e. The Balaban J connectivity index is 2.43. The van der Waals surface area contributed by atoms with Gasteiger partial charge in [0.15, 0.2) is 11.5 Å². The van der Waals surface area contributed by atoms with E-state index >= 15 is 0 Å². The molecular weight excluding hydrogens is 419 g/mol. The van der Waals surface area contributed by atoms with E-state index in [2.05, 4.69) is 15.6 Å². The van der Waals surface area contributed by atoms with Crippen molar-refractivity contribution in [2.45, 2.75) is 44.2 Å². The first-order chi connectivity index (χ1) is 14.6. The highest BCUT2D eigenvalue weighted by atomic mass is 19.1. The number of halogens is 1. The average molecular weight is 442 g/mol. The molecule has 0 aliphatic heterocycles. The van der Waals surface area contributed by atoms with E-state index in [1.54, 1.807) is 0 Å². The summed E-state index contributed by atoms with van der Waals surface area (Å²) in [5.74, 6) is -5.54. The number of carbonyl (C=O) groups is 5. The van der Waals surface area contributed by atoms with Gasteiger partial charge < -0.3 is 31.3 Å². The summed E-state index contributed by atoms with van der Waals surface area (Å²) < 4.78 is 13.5. The minimum absolute atomic E-state index is 0.0244. The molecule has 0 aliphatic carbocycles. The fraction of sp³-hybridized carbons (Fsp3) is 0.444. The molecule has 31 heavy (non-hydrogen) atoms. The zero-order valence-corrected chi connectivity index (χ0v) is 16.3. The van der Waals surface area contributed by atoms with E-state index in [-0.39, 0.29) is 31.5 Å². The monoisotopic (exact) mass is 442 g/mol. The number of amides is 3. The largest absolute Gasteiger partial charge is 0.481 e. The van der Waals surface area contributed by atoms with Crippen molar-refractivity contribution in [3.05, 3.63) is 29.8 Å². The Morgan fingerprint density at radius 3 is 2.13 bits per heavy atom. The topological polar surface area (TPSA) is 195 Å². The average Bonchev–Trinajstić information content (AvgIpc) is 2.69. The van der Waals surface area contributed by atoms with Crippen LogP contribution >= 0.6 is 0 Å². The molecule has 2 atom stereocenters. The van der Waals surface area contributed by atoms with Gasteiger partial charge in [-0.25, -0.2) is 23.8 Å². The Labute approximate surface area is 175 Å². The normalized spacial score (nSPS) is 12.3. The molecular formula is C18H23FN4O8. The van der Waals surface area contributed by atoms with Gasteiger partial charge in [-0.2, -0.15) is 0 Å². The highest BCUT2D eigenvalue weighted by molar-refractivity contribution is 5.92. The van der Waals surface area contributed by atoms with Crippen LogP contribution in [-0.4, -0.2) is 68.8 Å². The number of unbranched alkanes of at least 4 members (excludes halogenated alkanes) is 1. The summed E-state index contributed by atoms with van der Waals surface area (Å²) >= 11 is 0. The number of carbonyl (C=O) groups excluding carboxylic acids is 2. The Morgan fingerprint density at radius 2 is 1.58 bits per heavy atom. The van der Waals surface area contributed by atoms with E-state index in [4.69, 9.17) is 10.2 Å². The van der Waals surface area contributed by atoms with Crippen molar-refractivity contribution >= 4 is 29.8 Å². The summed E-state index contributed by atoms with van der Waals surface area (Å²) in [4.78, 5) is 60.3. The summed E-state index contributed by atoms with van der Waals surface area (Å²) in [6.07, 6.45) is 0.972. The number of aliphatic carboxylic acids is 3. The Morgan fingerprint density at radius 1 is 0.968 bits per heavy atom. The van der Waals surface area contributed by atoms with Crippen LogP contribution in [0.15, 0.2) is 18.3 Å². The number of carboxylic acids is 3. The lowest BCUT2D eigenvalue weighted by Crippen LogP contribution is -2.51. The number of nitrogens with zero attached hydrogens (tertiary/aromatic N) is 1. The maximum absolute atomic E-state index is 13.5. The van der Waals surface area contributed by atoms with Crippen molar-refractivity contribution in [1.29, 1.82) is 0 Å². The molecule has 12 nitrogen and oxygen atoms in total. The van der Waals surface area contributed by atoms with Crippen molar-refractivity contribution in [2.75, 3.05) is 6.54 Å². The molecule has 0 spiro atoms. The number of aromatic nitrogens is 1. The van der Waals surface area contributed by atoms with Crippen LogP contribution in [0.5, 0.6) is 0 Å². The lowest BCUT2D eigenvalue weighted by molar-refractivity contribution is -0.140. The van der Waals surface area contributed by atoms with Gasteiger partial charge in [-0.3, -0.25) is 9.59 Å². The van der Waals surface area contributed by atoms with Gasteiger partial charge in [-0.15, -0.1) is 0 Å². The molecule has 1 aromatic heterocycles. The number of hydrogen-bond donors (Lipinski definition) is 6. The number of nitrogens with one attached hydrogen (secondary N) is 3. The van der Waals surface area contributed by atoms with Crippen LogP contribution in [0.2, 0.25) is 0 Å². The van der Waals surface area contributed by atoms with Crippen LogP contribution in [0.3, 0.4) is 0 Å². The summed E-state index contributed by atoms with van der Waals surface area (Å²) in [5.41, 5.74) is -0.361. The molecule has 1 heterocycles. The van der Waals surface area contributed by atoms with Crippen molar-refractivity contribution in [2.24, 2.45) is 0 Å². The van der Waals surface area contributed by atoms with Gasteiger partial charge in [0, 0.05) is 19.2 Å². The smallest absolute Gasteiger partial charge is 0.326 e. The molecule has 0 unspecified atom stereocenters. The molecule has 6 N–H and O–H groups in total. The highest BCUT2D eigenvalue weighted by Gasteiger charge is 2.24. The van der Waals surface area contributed by atoms with Crippen LogP contribution < -0.4 is 16.0 Å². The zero-order valence-electron chi connectivity index (χ0n) is 16.3. The molecule has 1 rings (SSSR count). The number of hydrogen-bond acceptors (Lipinski definition) is 6. The lowest BCUT2D eigenvalue weighted by Gasteiger charge is -2.18. The fourth-order valence-corrected chi connectivity index (χ4v) is 2.45. The standard InChI is InChI=1S/C18H23FN4O8/c19-10-4-3-9-20-14(10)15(26)21-8-2-1-5-11(16(27)28)22-18(31)23-12(17(29)30)6-7-13(24)25/h3-4,9,11-12H,1-2,5-8H2,(H,21,26)(H,24,25)(H,27,28)(H,29,30)(H2,22,23,31)/t11-,12-/m0/s1. The third-order valence-electron chi connectivity index (χ3n) is 4.03. The van der Waals surface area contributed by atoms with E-state index in [9.17, 15) is 33.5 Å². The maximum atomic E-state index is 13.5. The van der Waals surface area contributed by atoms with Crippen molar-refractivity contribution in [3.8, 4) is 0 Å². The van der Waals surface area contributed by atoms with E-state index < -0.39 is 54.2 Å². The number of carboxylic acid groups (broad SMARTS) is 3. The molecule has 1 aromatic rings. The van der Waals surface area contributed by atoms with Crippen molar-refractivity contribution < 1.29 is 43.7 Å². The molecule has 0 bridgehead atoms. The first-order valence-electron chi connectivity index (χ1n) is 9.25. The summed E-state index contributed by atoms with van der Waals surface area (Å²) in [6.45, 7) is 0.115. The molecule has 3 amide bonds. The van der Waals surface area contributed by atoms with Crippen LogP contribution in [-0.2, 0) is 14.4 Å². The molecule has 0 aromatic carbocycles. The van der Waals surface area contributed by atoms with Crippen molar-refractivity contribution in [1.82, 2.24) is 20.9 Å². The molecule has 0 radical (unpaired) electrons. The lowest BCUT2D eigenvalue weighted by atomic mass is 10.1. The number of rotatable bonds is 13. The maximum Gasteiger partial charge on any atom is 0.326 e. The number of urea groups is 1. The molecule has 170 valence electrons. The molecule has 0 aliphatic rings. The van der Waals surface area contributed by atoms with Gasteiger partial charge in [0.25, 0.3) is 5.91 Å². The van der Waals surface area contributed by atoms with E-state index in [0.29, 0.717) is 6.42 Å². The van der Waals surface area contributed by atoms with Gasteiger partial charge in [-0.05, 0) is 37.8 Å². The fourth-order valence-electron chi connectivity index (χ4n) is 2.45. The van der Waals surface area contributed by atoms with Gasteiger partial charge in [-0.1, -0.05) is 0 Å². The second-order valence-electron chi connectivity index (χ2n) is 6.42. The number of pyridine rings is 1. The Bertz CT molecular complexity index is 820. The van der Waals surface area contributed by atoms with Crippen LogP contribution in [0, 0.1) is 5.82 Å². The summed E-state index contributed by atoms with van der Waals surface area (Å²) in [7, 11) is 0. The predicted molar refractivity (Wildman–Crippen MR) is 102 cm³/mol. The minimum atomic E-state index is -1.49. The van der Waals surface area contributed by atoms with Gasteiger partial charge in [0.2, 0.25) is 0 Å². The SMILES string of the molecule is O=C(O)CC[C@H](NC(=O)N[C@@H](CCCCNC(=O)c1ncccc1F)C(=O)O)C(=O)O. The second kappa shape index (κ2) is 12.7. The van der Waals surface area contributed by atoms with E-state index in [0.717, 1.165) is 6.07 Å². The first kappa shape index (κ1) is 25.3. The van der Waals surface area contributed by atoms with E-state index in [1.807, 2.05) is 5.32 Å². The van der Waals surface area contributed by atoms with E-state index in [1.165, 1.54) is 12.3 Å². The predicted octanol–water partition coefficient (Wildman–Crippen LogP) is 0.191. The molecule has 0 saturated carbocycles. The first-order valence-corrected chi connectivity index (χ1v) is 9.25. The van der Waals surface area contributed by atoms with Gasteiger partial charge in [0.1, 0.15) is 12.1 Å². The van der Waals surface area contributed by atoms with Gasteiger partial charge >= 0.3 is 23.9 Å². The highest BCUT2D eigenvalue weighted by Crippen LogP contribution is 2.04. The Kier molecular flexibility index (Phi) is 10.4. The quantitative estimate of drug-likeness (QED) is 0.231. The Hall–Kier alpha value is -3.77. The molecule has 0 saturated heterocycles. The van der Waals surface area contributed by atoms with Crippen LogP contribution in [0.25, 0.3) is 0 Å². The molecule has 0 fully saturated rings. The summed E-state index contributed by atoms with van der Waals surface area (Å²) in [6, 6.07) is -1.46.